The van der Waals surface area contributed by atoms with Gasteiger partial charge in [-0.15, -0.1) is 0 Å². The third-order valence-electron chi connectivity index (χ3n) is 4.15. The fraction of sp³-hybridized carbons (Fsp3) is 0.294. The summed E-state index contributed by atoms with van der Waals surface area (Å²) in [5.74, 6) is 0.379. The van der Waals surface area contributed by atoms with E-state index in [2.05, 4.69) is 15.4 Å². The first-order chi connectivity index (χ1) is 11.3. The van der Waals surface area contributed by atoms with Crippen LogP contribution in [0.3, 0.4) is 0 Å². The first-order valence-electron chi connectivity index (χ1n) is 7.73. The maximum absolute atomic E-state index is 12.2. The Morgan fingerprint density at radius 1 is 1.39 bits per heavy atom. The Hall–Kier alpha value is -2.76. The molecule has 3 aromatic heterocycles. The van der Waals surface area contributed by atoms with Crippen molar-refractivity contribution < 1.29 is 4.79 Å². The highest BCUT2D eigenvalue weighted by molar-refractivity contribution is 6.05. The number of pyridine rings is 2. The number of hydrogen-bond acceptors (Lipinski definition) is 4. The number of rotatable bonds is 4. The second-order valence-electron chi connectivity index (χ2n) is 5.85. The molecular formula is C17H17N5O. The molecule has 1 amide bonds. The summed E-state index contributed by atoms with van der Waals surface area (Å²) < 4.78 is 1.84. The van der Waals surface area contributed by atoms with E-state index in [1.54, 1.807) is 19.4 Å². The molecule has 1 fully saturated rings. The highest BCUT2D eigenvalue weighted by Crippen LogP contribution is 2.40. The van der Waals surface area contributed by atoms with Crippen LogP contribution in [0.5, 0.6) is 0 Å². The number of nitrogens with one attached hydrogen (secondary N) is 1. The van der Waals surface area contributed by atoms with E-state index in [0.29, 0.717) is 18.0 Å². The Morgan fingerprint density at radius 3 is 2.96 bits per heavy atom. The van der Waals surface area contributed by atoms with Crippen LogP contribution in [0.2, 0.25) is 0 Å². The topological polar surface area (TPSA) is 72.7 Å². The lowest BCUT2D eigenvalue weighted by atomic mass is 10.1. The Labute approximate surface area is 133 Å². The Balaban J connectivity index is 1.83. The summed E-state index contributed by atoms with van der Waals surface area (Å²) in [5, 5.41) is 7.93. The van der Waals surface area contributed by atoms with Crippen molar-refractivity contribution in [2.24, 2.45) is 0 Å². The van der Waals surface area contributed by atoms with Gasteiger partial charge in [0.25, 0.3) is 5.91 Å². The van der Waals surface area contributed by atoms with Crippen LogP contribution < -0.4 is 5.32 Å². The van der Waals surface area contributed by atoms with Crippen LogP contribution in [-0.2, 0) is 6.54 Å². The summed E-state index contributed by atoms with van der Waals surface area (Å²) >= 11 is 0. The van der Waals surface area contributed by atoms with Gasteiger partial charge in [-0.3, -0.25) is 9.78 Å². The van der Waals surface area contributed by atoms with E-state index in [1.165, 1.54) is 0 Å². The van der Waals surface area contributed by atoms with E-state index in [0.717, 1.165) is 35.1 Å². The van der Waals surface area contributed by atoms with E-state index in [1.807, 2.05) is 29.1 Å². The molecule has 3 aromatic rings. The molecule has 0 saturated heterocycles. The van der Waals surface area contributed by atoms with E-state index < -0.39 is 0 Å². The summed E-state index contributed by atoms with van der Waals surface area (Å²) in [4.78, 5) is 21.1. The Bertz CT molecular complexity index is 867. The average molecular weight is 307 g/mol. The van der Waals surface area contributed by atoms with Crippen molar-refractivity contribution in [1.29, 1.82) is 0 Å². The van der Waals surface area contributed by atoms with Gasteiger partial charge in [-0.1, -0.05) is 6.07 Å². The van der Waals surface area contributed by atoms with Crippen LogP contribution in [0.15, 0.2) is 36.8 Å². The van der Waals surface area contributed by atoms with Gasteiger partial charge in [0.2, 0.25) is 0 Å². The standard InChI is InChI=1S/C17H17N5O/c1-18-17(23)13-7-15(12-4-5-12)21-16-14(13)9-20-22(16)10-11-3-2-6-19-8-11/h2-3,6-9,12H,4-5,10H2,1H3,(H,18,23). The van der Waals surface area contributed by atoms with Gasteiger partial charge in [0.05, 0.1) is 23.7 Å². The molecule has 0 aliphatic heterocycles. The predicted molar refractivity (Wildman–Crippen MR) is 86.2 cm³/mol. The van der Waals surface area contributed by atoms with Crippen LogP contribution in [0, 0.1) is 0 Å². The van der Waals surface area contributed by atoms with Crippen molar-refractivity contribution in [3.8, 4) is 0 Å². The normalized spacial score (nSPS) is 14.1. The number of hydrogen-bond donors (Lipinski definition) is 1. The van der Waals surface area contributed by atoms with Crippen molar-refractivity contribution in [2.75, 3.05) is 7.05 Å². The molecule has 0 bridgehead atoms. The van der Waals surface area contributed by atoms with Crippen LogP contribution in [-0.4, -0.2) is 32.7 Å². The molecule has 1 saturated carbocycles. The van der Waals surface area contributed by atoms with Crippen molar-refractivity contribution in [2.45, 2.75) is 25.3 Å². The molecule has 116 valence electrons. The van der Waals surface area contributed by atoms with Gasteiger partial charge < -0.3 is 5.32 Å². The number of carbonyl (C=O) groups is 1. The molecule has 0 aromatic carbocycles. The third kappa shape index (κ3) is 2.56. The molecule has 0 atom stereocenters. The van der Waals surface area contributed by atoms with Crippen molar-refractivity contribution in [3.63, 3.8) is 0 Å². The Kier molecular flexibility index (Phi) is 3.29. The maximum atomic E-state index is 12.2. The molecule has 1 aliphatic rings. The number of nitrogens with zero attached hydrogens (tertiary/aromatic N) is 4. The molecule has 0 radical (unpaired) electrons. The molecule has 23 heavy (non-hydrogen) atoms. The SMILES string of the molecule is CNC(=O)c1cc(C2CC2)nc2c1cnn2Cc1cccnc1. The largest absolute Gasteiger partial charge is 0.355 e. The zero-order chi connectivity index (χ0) is 15.8. The van der Waals surface area contributed by atoms with Gasteiger partial charge in [-0.25, -0.2) is 9.67 Å². The minimum absolute atomic E-state index is 0.0970. The van der Waals surface area contributed by atoms with Crippen LogP contribution >= 0.6 is 0 Å². The highest BCUT2D eigenvalue weighted by atomic mass is 16.1. The van der Waals surface area contributed by atoms with Gasteiger partial charge in [-0.05, 0) is 30.5 Å². The van der Waals surface area contributed by atoms with E-state index in [-0.39, 0.29) is 5.91 Å². The van der Waals surface area contributed by atoms with Gasteiger partial charge in [0, 0.05) is 31.1 Å². The molecule has 1 N–H and O–H groups in total. The van der Waals surface area contributed by atoms with Crippen LogP contribution in [0.1, 0.15) is 40.4 Å². The van der Waals surface area contributed by atoms with Gasteiger partial charge in [0.1, 0.15) is 0 Å². The molecule has 1 aliphatic carbocycles. The molecule has 0 spiro atoms. The van der Waals surface area contributed by atoms with Gasteiger partial charge in [-0.2, -0.15) is 5.10 Å². The Morgan fingerprint density at radius 2 is 2.26 bits per heavy atom. The molecule has 4 rings (SSSR count). The molecule has 0 unspecified atom stereocenters. The minimum atomic E-state index is -0.0970. The fourth-order valence-corrected chi connectivity index (χ4v) is 2.76. The van der Waals surface area contributed by atoms with E-state index in [4.69, 9.17) is 4.98 Å². The lowest BCUT2D eigenvalue weighted by molar-refractivity contribution is 0.0964. The summed E-state index contributed by atoms with van der Waals surface area (Å²) in [5.41, 5.74) is 3.45. The molecule has 3 heterocycles. The summed E-state index contributed by atoms with van der Waals surface area (Å²) in [6.45, 7) is 0.589. The fourth-order valence-electron chi connectivity index (χ4n) is 2.76. The summed E-state index contributed by atoms with van der Waals surface area (Å²) in [7, 11) is 1.64. The van der Waals surface area contributed by atoms with Crippen molar-refractivity contribution in [1.82, 2.24) is 25.1 Å². The first-order valence-corrected chi connectivity index (χ1v) is 7.73. The minimum Gasteiger partial charge on any atom is -0.355 e. The first kappa shape index (κ1) is 13.9. The van der Waals surface area contributed by atoms with Gasteiger partial charge in [0.15, 0.2) is 5.65 Å². The lowest BCUT2D eigenvalue weighted by Crippen LogP contribution is -2.18. The third-order valence-corrected chi connectivity index (χ3v) is 4.15. The van der Waals surface area contributed by atoms with Crippen LogP contribution in [0.4, 0.5) is 0 Å². The monoisotopic (exact) mass is 307 g/mol. The quantitative estimate of drug-likeness (QED) is 0.801. The number of carbonyl (C=O) groups excluding carboxylic acids is 1. The zero-order valence-electron chi connectivity index (χ0n) is 12.9. The zero-order valence-corrected chi connectivity index (χ0v) is 12.9. The van der Waals surface area contributed by atoms with Gasteiger partial charge >= 0.3 is 0 Å². The number of amides is 1. The smallest absolute Gasteiger partial charge is 0.251 e. The maximum Gasteiger partial charge on any atom is 0.251 e. The molecule has 6 nitrogen and oxygen atoms in total. The summed E-state index contributed by atoms with van der Waals surface area (Å²) in [6.07, 6.45) is 7.57. The van der Waals surface area contributed by atoms with E-state index in [9.17, 15) is 4.79 Å². The second-order valence-corrected chi connectivity index (χ2v) is 5.85. The predicted octanol–water partition coefficient (Wildman–Crippen LogP) is 2.11. The highest BCUT2D eigenvalue weighted by Gasteiger charge is 2.27. The van der Waals surface area contributed by atoms with Crippen molar-refractivity contribution in [3.05, 3.63) is 53.6 Å². The van der Waals surface area contributed by atoms with Crippen molar-refractivity contribution >= 4 is 16.9 Å². The summed E-state index contributed by atoms with van der Waals surface area (Å²) in [6, 6.07) is 5.82. The van der Waals surface area contributed by atoms with E-state index >= 15 is 0 Å². The second kappa shape index (κ2) is 5.46. The average Bonchev–Trinajstić information content (AvgIpc) is 3.37. The number of fused-ring (bicyclic) bond motifs is 1. The molecular weight excluding hydrogens is 290 g/mol. The molecule has 6 heteroatoms. The lowest BCUT2D eigenvalue weighted by Gasteiger charge is -2.07. The number of aromatic nitrogens is 4. The van der Waals surface area contributed by atoms with Crippen LogP contribution in [0.25, 0.3) is 11.0 Å².